The molecule has 0 aromatic carbocycles. The van der Waals surface area contributed by atoms with Crippen LogP contribution >= 0.6 is 0 Å². The molecule has 1 rings (SSSR count). The molecule has 0 saturated carbocycles. The van der Waals surface area contributed by atoms with Crippen LogP contribution in [0.5, 0.6) is 0 Å². The maximum Gasteiger partial charge on any atom is 0.237 e. The Balaban J connectivity index is 2.33. The van der Waals surface area contributed by atoms with Gasteiger partial charge in [0.2, 0.25) is 11.8 Å². The molecule has 1 aliphatic rings. The van der Waals surface area contributed by atoms with Crippen LogP contribution in [0.3, 0.4) is 0 Å². The van der Waals surface area contributed by atoms with Gasteiger partial charge in [0.25, 0.3) is 0 Å². The summed E-state index contributed by atoms with van der Waals surface area (Å²) < 4.78 is 0. The van der Waals surface area contributed by atoms with E-state index in [9.17, 15) is 9.59 Å². The lowest BCUT2D eigenvalue weighted by Crippen LogP contribution is -2.54. The number of nitrogens with one attached hydrogen (secondary N) is 3. The molecule has 1 saturated heterocycles. The van der Waals surface area contributed by atoms with Gasteiger partial charge in [0.05, 0.1) is 12.5 Å². The van der Waals surface area contributed by atoms with Gasteiger partial charge >= 0.3 is 0 Å². The van der Waals surface area contributed by atoms with Crippen molar-refractivity contribution in [2.75, 3.05) is 13.1 Å². The number of amides is 2. The molecule has 2 unspecified atom stereocenters. The zero-order valence-electron chi connectivity index (χ0n) is 9.30. The highest BCUT2D eigenvalue weighted by Crippen LogP contribution is 1.97. The van der Waals surface area contributed by atoms with E-state index in [1.807, 2.05) is 13.8 Å². The predicted octanol–water partition coefficient (Wildman–Crippen LogP) is -0.621. The molecule has 1 heterocycles. The molecule has 0 radical (unpaired) electrons. The average molecular weight is 213 g/mol. The Hall–Kier alpha value is -1.10. The van der Waals surface area contributed by atoms with Crippen LogP contribution < -0.4 is 16.0 Å². The smallest absolute Gasteiger partial charge is 0.237 e. The standard InChI is InChI=1S/C10H19N3O2/c1-3-7(2)13-9(14)6-8-10(15)12-5-4-11-8/h7-8,11H,3-6H2,1-2H3,(H,12,15)(H,13,14). The normalized spacial score (nSPS) is 23.1. The van der Waals surface area contributed by atoms with Crippen molar-refractivity contribution in [3.63, 3.8) is 0 Å². The van der Waals surface area contributed by atoms with Crippen molar-refractivity contribution >= 4 is 11.8 Å². The maximum absolute atomic E-state index is 11.5. The average Bonchev–Trinajstić information content (AvgIpc) is 2.21. The van der Waals surface area contributed by atoms with Gasteiger partial charge in [0.1, 0.15) is 0 Å². The third-order valence-electron chi connectivity index (χ3n) is 2.54. The highest BCUT2D eigenvalue weighted by Gasteiger charge is 2.24. The van der Waals surface area contributed by atoms with E-state index in [1.165, 1.54) is 0 Å². The first kappa shape index (κ1) is 12.0. The third kappa shape index (κ3) is 3.87. The lowest BCUT2D eigenvalue weighted by Gasteiger charge is -2.23. The van der Waals surface area contributed by atoms with E-state index in [2.05, 4.69) is 16.0 Å². The largest absolute Gasteiger partial charge is 0.354 e. The number of carbonyl (C=O) groups is 2. The summed E-state index contributed by atoms with van der Waals surface area (Å²) >= 11 is 0. The van der Waals surface area contributed by atoms with E-state index < -0.39 is 0 Å². The van der Waals surface area contributed by atoms with Crippen LogP contribution in [-0.2, 0) is 9.59 Å². The second-order valence-electron chi connectivity index (χ2n) is 3.88. The van der Waals surface area contributed by atoms with Crippen LogP contribution in [0, 0.1) is 0 Å². The Morgan fingerprint density at radius 2 is 2.33 bits per heavy atom. The van der Waals surface area contributed by atoms with Crippen LogP contribution in [-0.4, -0.2) is 37.0 Å². The highest BCUT2D eigenvalue weighted by molar-refractivity contribution is 5.88. The van der Waals surface area contributed by atoms with E-state index in [-0.39, 0.29) is 30.3 Å². The summed E-state index contributed by atoms with van der Waals surface area (Å²) in [6.45, 7) is 5.33. The predicted molar refractivity (Wildman–Crippen MR) is 57.3 cm³/mol. The molecule has 0 spiro atoms. The SMILES string of the molecule is CCC(C)NC(=O)CC1NCCNC1=O. The molecular weight excluding hydrogens is 194 g/mol. The Kier molecular flexibility index (Phi) is 4.55. The van der Waals surface area contributed by atoms with Crippen molar-refractivity contribution in [2.45, 2.75) is 38.8 Å². The summed E-state index contributed by atoms with van der Waals surface area (Å²) in [5.74, 6) is -0.153. The van der Waals surface area contributed by atoms with Gasteiger partial charge < -0.3 is 16.0 Å². The van der Waals surface area contributed by atoms with Crippen molar-refractivity contribution in [2.24, 2.45) is 0 Å². The molecule has 15 heavy (non-hydrogen) atoms. The van der Waals surface area contributed by atoms with Crippen LogP contribution in [0.4, 0.5) is 0 Å². The summed E-state index contributed by atoms with van der Waals surface area (Å²) in [6.07, 6.45) is 1.12. The second kappa shape index (κ2) is 5.70. The first-order valence-corrected chi connectivity index (χ1v) is 5.44. The van der Waals surface area contributed by atoms with Crippen LogP contribution in [0.15, 0.2) is 0 Å². The van der Waals surface area contributed by atoms with Gasteiger partial charge in [-0.1, -0.05) is 6.92 Å². The van der Waals surface area contributed by atoms with Gasteiger partial charge in [0, 0.05) is 19.1 Å². The molecule has 0 aromatic rings. The lowest BCUT2D eigenvalue weighted by atomic mass is 10.1. The number of rotatable bonds is 4. The molecular formula is C10H19N3O2. The monoisotopic (exact) mass is 213 g/mol. The number of piperazine rings is 1. The van der Waals surface area contributed by atoms with E-state index >= 15 is 0 Å². The molecule has 2 atom stereocenters. The van der Waals surface area contributed by atoms with Crippen LogP contribution in [0.25, 0.3) is 0 Å². The summed E-state index contributed by atoms with van der Waals surface area (Å²) in [5.41, 5.74) is 0. The number of hydrogen-bond donors (Lipinski definition) is 3. The molecule has 5 nitrogen and oxygen atoms in total. The second-order valence-corrected chi connectivity index (χ2v) is 3.88. The van der Waals surface area contributed by atoms with E-state index in [4.69, 9.17) is 0 Å². The maximum atomic E-state index is 11.5. The Morgan fingerprint density at radius 1 is 1.60 bits per heavy atom. The Morgan fingerprint density at radius 3 is 2.93 bits per heavy atom. The van der Waals surface area contributed by atoms with Gasteiger partial charge in [0.15, 0.2) is 0 Å². The van der Waals surface area contributed by atoms with Gasteiger partial charge in [-0.05, 0) is 13.3 Å². The molecule has 3 N–H and O–H groups in total. The lowest BCUT2D eigenvalue weighted by molar-refractivity contribution is -0.129. The molecule has 0 bridgehead atoms. The highest BCUT2D eigenvalue weighted by atomic mass is 16.2. The van der Waals surface area contributed by atoms with Crippen molar-refractivity contribution in [1.29, 1.82) is 0 Å². The fraction of sp³-hybridized carbons (Fsp3) is 0.800. The molecule has 86 valence electrons. The molecule has 0 aliphatic carbocycles. The van der Waals surface area contributed by atoms with E-state index in [0.29, 0.717) is 6.54 Å². The fourth-order valence-corrected chi connectivity index (χ4v) is 1.43. The zero-order chi connectivity index (χ0) is 11.3. The molecule has 1 fully saturated rings. The summed E-state index contributed by atoms with van der Waals surface area (Å²) in [4.78, 5) is 22.8. The number of hydrogen-bond acceptors (Lipinski definition) is 3. The van der Waals surface area contributed by atoms with Gasteiger partial charge in [-0.25, -0.2) is 0 Å². The van der Waals surface area contributed by atoms with Gasteiger partial charge in [-0.3, -0.25) is 9.59 Å². The van der Waals surface area contributed by atoms with Gasteiger partial charge in [-0.2, -0.15) is 0 Å². The van der Waals surface area contributed by atoms with Crippen molar-refractivity contribution in [3.8, 4) is 0 Å². The van der Waals surface area contributed by atoms with E-state index in [1.54, 1.807) is 0 Å². The first-order chi connectivity index (χ1) is 7.13. The minimum Gasteiger partial charge on any atom is -0.354 e. The quantitative estimate of drug-likeness (QED) is 0.583. The zero-order valence-corrected chi connectivity index (χ0v) is 9.30. The summed E-state index contributed by atoms with van der Waals surface area (Å²) in [6, 6.07) is -0.202. The Bertz CT molecular complexity index is 243. The molecule has 0 aromatic heterocycles. The minimum atomic E-state index is -0.372. The van der Waals surface area contributed by atoms with Crippen molar-refractivity contribution in [1.82, 2.24) is 16.0 Å². The van der Waals surface area contributed by atoms with Crippen LogP contribution in [0.1, 0.15) is 26.7 Å². The fourth-order valence-electron chi connectivity index (χ4n) is 1.43. The molecule has 1 aliphatic heterocycles. The third-order valence-corrected chi connectivity index (χ3v) is 2.54. The minimum absolute atomic E-state index is 0.0705. The van der Waals surface area contributed by atoms with Gasteiger partial charge in [-0.15, -0.1) is 0 Å². The Labute approximate surface area is 90.0 Å². The summed E-state index contributed by atoms with van der Waals surface area (Å²) in [5, 5.41) is 8.58. The first-order valence-electron chi connectivity index (χ1n) is 5.44. The summed E-state index contributed by atoms with van der Waals surface area (Å²) in [7, 11) is 0. The van der Waals surface area contributed by atoms with Crippen molar-refractivity contribution < 1.29 is 9.59 Å². The van der Waals surface area contributed by atoms with Crippen LogP contribution in [0.2, 0.25) is 0 Å². The molecule has 5 heteroatoms. The topological polar surface area (TPSA) is 70.2 Å². The molecule has 2 amide bonds. The van der Waals surface area contributed by atoms with E-state index in [0.717, 1.165) is 13.0 Å². The number of carbonyl (C=O) groups excluding carboxylic acids is 2. The van der Waals surface area contributed by atoms with Crippen molar-refractivity contribution in [3.05, 3.63) is 0 Å².